The summed E-state index contributed by atoms with van der Waals surface area (Å²) in [6.07, 6.45) is 3.33. The molecular weight excluding hydrogens is 220 g/mol. The quantitative estimate of drug-likeness (QED) is 0.782. The Bertz CT molecular complexity index is 545. The summed E-state index contributed by atoms with van der Waals surface area (Å²) in [6.45, 7) is 0.369. The maximum Gasteiger partial charge on any atom is 0.271 e. The molecule has 0 spiro atoms. The van der Waals surface area contributed by atoms with E-state index in [1.54, 1.807) is 18.5 Å². The molecule has 2 heterocycles. The lowest BCUT2D eigenvalue weighted by molar-refractivity contribution is 0.0945. The fourth-order valence-electron chi connectivity index (χ4n) is 1.25. The van der Waals surface area contributed by atoms with E-state index in [4.69, 9.17) is 0 Å². The number of carbonyl (C=O) groups excluding carboxylic acids is 1. The molecule has 0 radical (unpaired) electrons. The molecule has 6 nitrogen and oxygen atoms in total. The van der Waals surface area contributed by atoms with Crippen molar-refractivity contribution in [1.29, 1.82) is 0 Å². The molecule has 0 aliphatic heterocycles. The molecule has 0 saturated heterocycles. The topological polar surface area (TPSA) is 87.7 Å². The lowest BCUT2D eigenvalue weighted by Gasteiger charge is -2.03. The third-order valence-electron chi connectivity index (χ3n) is 2.09. The second-order valence-corrected chi connectivity index (χ2v) is 3.35. The molecule has 0 unspecified atom stereocenters. The van der Waals surface area contributed by atoms with Crippen molar-refractivity contribution in [2.45, 2.75) is 6.54 Å². The summed E-state index contributed by atoms with van der Waals surface area (Å²) >= 11 is 0. The molecular formula is C11H10N4O2. The fourth-order valence-corrected chi connectivity index (χ4v) is 1.25. The molecule has 0 atom stereocenters. The first kappa shape index (κ1) is 11.0. The Kier molecular flexibility index (Phi) is 3.25. The highest BCUT2D eigenvalue weighted by Gasteiger charge is 2.06. The Morgan fingerprint density at radius 2 is 2.24 bits per heavy atom. The Hall–Kier alpha value is -2.50. The van der Waals surface area contributed by atoms with Crippen molar-refractivity contribution >= 4 is 5.91 Å². The molecule has 2 rings (SSSR count). The van der Waals surface area contributed by atoms with Crippen LogP contribution < -0.4 is 10.9 Å². The van der Waals surface area contributed by atoms with E-state index in [-0.39, 0.29) is 17.2 Å². The summed E-state index contributed by atoms with van der Waals surface area (Å²) in [6, 6.07) is 6.27. The van der Waals surface area contributed by atoms with E-state index in [2.05, 4.69) is 20.5 Å². The first-order valence-electron chi connectivity index (χ1n) is 4.98. The van der Waals surface area contributed by atoms with Crippen molar-refractivity contribution in [2.75, 3.05) is 0 Å². The minimum Gasteiger partial charge on any atom is -0.347 e. The SMILES string of the molecule is O=C(NCc1cccnc1)c1ccc(=O)[nH]n1. The standard InChI is InChI=1S/C11H10N4O2/c16-10-4-3-9(14-15-10)11(17)13-7-8-2-1-5-12-6-8/h1-6H,7H2,(H,13,17)(H,15,16). The van der Waals surface area contributed by atoms with Crippen LogP contribution in [0, 0.1) is 0 Å². The molecule has 0 aromatic carbocycles. The lowest BCUT2D eigenvalue weighted by atomic mass is 10.3. The highest BCUT2D eigenvalue weighted by atomic mass is 16.2. The van der Waals surface area contributed by atoms with Gasteiger partial charge in [-0.15, -0.1) is 0 Å². The third kappa shape index (κ3) is 2.97. The van der Waals surface area contributed by atoms with Crippen molar-refractivity contribution in [2.24, 2.45) is 0 Å². The fraction of sp³-hybridized carbons (Fsp3) is 0.0909. The van der Waals surface area contributed by atoms with Crippen LogP contribution in [0.3, 0.4) is 0 Å². The van der Waals surface area contributed by atoms with E-state index in [9.17, 15) is 9.59 Å². The zero-order valence-corrected chi connectivity index (χ0v) is 8.88. The zero-order valence-electron chi connectivity index (χ0n) is 8.88. The van der Waals surface area contributed by atoms with Crippen LogP contribution in [-0.2, 0) is 6.54 Å². The second kappa shape index (κ2) is 5.02. The number of nitrogens with zero attached hydrogens (tertiary/aromatic N) is 2. The van der Waals surface area contributed by atoms with Gasteiger partial charge in [0.25, 0.3) is 11.5 Å². The van der Waals surface area contributed by atoms with E-state index in [1.165, 1.54) is 12.1 Å². The van der Waals surface area contributed by atoms with Crippen LogP contribution in [-0.4, -0.2) is 21.1 Å². The average molecular weight is 230 g/mol. The number of rotatable bonds is 3. The minimum atomic E-state index is -0.342. The van der Waals surface area contributed by atoms with Gasteiger partial charge in [-0.05, 0) is 17.7 Å². The van der Waals surface area contributed by atoms with Gasteiger partial charge in [-0.25, -0.2) is 5.10 Å². The maximum atomic E-state index is 11.6. The molecule has 0 fully saturated rings. The largest absolute Gasteiger partial charge is 0.347 e. The Labute approximate surface area is 96.7 Å². The van der Waals surface area contributed by atoms with Crippen molar-refractivity contribution in [1.82, 2.24) is 20.5 Å². The van der Waals surface area contributed by atoms with E-state index < -0.39 is 0 Å². The van der Waals surface area contributed by atoms with Crippen LogP contribution in [0.1, 0.15) is 16.1 Å². The molecule has 2 aromatic rings. The Morgan fingerprint density at radius 3 is 2.88 bits per heavy atom. The van der Waals surface area contributed by atoms with E-state index >= 15 is 0 Å². The van der Waals surface area contributed by atoms with Crippen LogP contribution in [0.4, 0.5) is 0 Å². The van der Waals surface area contributed by atoms with Gasteiger partial charge in [0.1, 0.15) is 5.69 Å². The summed E-state index contributed by atoms with van der Waals surface area (Å²) < 4.78 is 0. The smallest absolute Gasteiger partial charge is 0.271 e. The molecule has 0 aliphatic rings. The number of carbonyl (C=O) groups is 1. The minimum absolute atomic E-state index is 0.175. The van der Waals surface area contributed by atoms with Gasteiger partial charge >= 0.3 is 0 Å². The average Bonchev–Trinajstić information content (AvgIpc) is 2.38. The highest BCUT2D eigenvalue weighted by molar-refractivity contribution is 5.91. The van der Waals surface area contributed by atoms with Gasteiger partial charge in [-0.2, -0.15) is 5.10 Å². The molecule has 6 heteroatoms. The number of aromatic amines is 1. The van der Waals surface area contributed by atoms with Gasteiger partial charge < -0.3 is 5.32 Å². The van der Waals surface area contributed by atoms with Crippen LogP contribution >= 0.6 is 0 Å². The number of aromatic nitrogens is 3. The number of hydrogen-bond donors (Lipinski definition) is 2. The molecule has 1 amide bonds. The summed E-state index contributed by atoms with van der Waals surface area (Å²) in [7, 11) is 0. The van der Waals surface area contributed by atoms with Crippen molar-refractivity contribution in [3.63, 3.8) is 0 Å². The number of pyridine rings is 1. The number of amides is 1. The molecule has 2 N–H and O–H groups in total. The number of nitrogens with one attached hydrogen (secondary N) is 2. The molecule has 0 aliphatic carbocycles. The van der Waals surface area contributed by atoms with E-state index in [0.29, 0.717) is 6.54 Å². The van der Waals surface area contributed by atoms with Gasteiger partial charge in [0, 0.05) is 25.0 Å². The van der Waals surface area contributed by atoms with Gasteiger partial charge in [0.15, 0.2) is 0 Å². The lowest BCUT2D eigenvalue weighted by Crippen LogP contribution is -2.25. The van der Waals surface area contributed by atoms with Gasteiger partial charge in [-0.1, -0.05) is 6.07 Å². The van der Waals surface area contributed by atoms with Gasteiger partial charge in [0.2, 0.25) is 0 Å². The summed E-state index contributed by atoms with van der Waals surface area (Å²) in [5, 5.41) is 8.50. The highest BCUT2D eigenvalue weighted by Crippen LogP contribution is 1.96. The monoisotopic (exact) mass is 230 g/mol. The number of hydrogen-bond acceptors (Lipinski definition) is 4. The van der Waals surface area contributed by atoms with Crippen LogP contribution in [0.25, 0.3) is 0 Å². The van der Waals surface area contributed by atoms with Crippen molar-refractivity contribution < 1.29 is 4.79 Å². The first-order valence-corrected chi connectivity index (χ1v) is 4.98. The molecule has 0 saturated carbocycles. The Morgan fingerprint density at radius 1 is 1.35 bits per heavy atom. The van der Waals surface area contributed by atoms with E-state index in [1.807, 2.05) is 6.07 Å². The third-order valence-corrected chi connectivity index (χ3v) is 2.09. The van der Waals surface area contributed by atoms with Gasteiger partial charge in [0.05, 0.1) is 0 Å². The normalized spacial score (nSPS) is 9.88. The molecule has 2 aromatic heterocycles. The van der Waals surface area contributed by atoms with Gasteiger partial charge in [-0.3, -0.25) is 14.6 Å². The van der Waals surface area contributed by atoms with E-state index in [0.717, 1.165) is 5.56 Å². The summed E-state index contributed by atoms with van der Waals surface area (Å²) in [5.41, 5.74) is 0.729. The first-order chi connectivity index (χ1) is 8.25. The Balaban J connectivity index is 1.98. The van der Waals surface area contributed by atoms with Crippen molar-refractivity contribution in [3.8, 4) is 0 Å². The molecule has 0 bridgehead atoms. The predicted molar refractivity (Wildman–Crippen MR) is 60.3 cm³/mol. The second-order valence-electron chi connectivity index (χ2n) is 3.35. The molecule has 17 heavy (non-hydrogen) atoms. The van der Waals surface area contributed by atoms with Crippen LogP contribution in [0.15, 0.2) is 41.5 Å². The van der Waals surface area contributed by atoms with Crippen molar-refractivity contribution in [3.05, 3.63) is 58.3 Å². The maximum absolute atomic E-state index is 11.6. The van der Waals surface area contributed by atoms with Crippen LogP contribution in [0.5, 0.6) is 0 Å². The predicted octanol–water partition coefficient (Wildman–Crippen LogP) is 0.0949. The molecule has 86 valence electrons. The summed E-state index contributed by atoms with van der Waals surface area (Å²) in [5.74, 6) is -0.342. The van der Waals surface area contributed by atoms with Crippen LogP contribution in [0.2, 0.25) is 0 Å². The summed E-state index contributed by atoms with van der Waals surface area (Å²) in [4.78, 5) is 26.3. The zero-order chi connectivity index (χ0) is 12.1. The number of H-pyrrole nitrogens is 1.